The van der Waals surface area contributed by atoms with E-state index in [4.69, 9.17) is 11.6 Å². The van der Waals surface area contributed by atoms with E-state index in [0.29, 0.717) is 5.02 Å². The van der Waals surface area contributed by atoms with E-state index < -0.39 is 0 Å². The summed E-state index contributed by atoms with van der Waals surface area (Å²) in [5.41, 5.74) is 1.87. The van der Waals surface area contributed by atoms with Crippen LogP contribution in [0.15, 0.2) is 72.1 Å². The second-order valence-corrected chi connectivity index (χ2v) is 7.16. The predicted octanol–water partition coefficient (Wildman–Crippen LogP) is 5.11. The van der Waals surface area contributed by atoms with Gasteiger partial charge >= 0.3 is 0 Å². The molecule has 3 nitrogen and oxygen atoms in total. The molecule has 0 saturated heterocycles. The summed E-state index contributed by atoms with van der Waals surface area (Å²) in [6.45, 7) is 1.87. The van der Waals surface area contributed by atoms with Crippen molar-refractivity contribution >= 4 is 34.5 Å². The van der Waals surface area contributed by atoms with E-state index in [2.05, 4.69) is 28.8 Å². The Hall–Kier alpha value is -2.14. The first-order chi connectivity index (χ1) is 12.1. The van der Waals surface area contributed by atoms with Crippen LogP contribution in [0.3, 0.4) is 0 Å². The van der Waals surface area contributed by atoms with E-state index in [1.54, 1.807) is 35.6 Å². The van der Waals surface area contributed by atoms with E-state index in [-0.39, 0.29) is 18.0 Å². The highest BCUT2D eigenvalue weighted by Crippen LogP contribution is 2.26. The number of nitrogens with one attached hydrogen (secondary N) is 2. The Kier molecular flexibility index (Phi) is 5.87. The summed E-state index contributed by atoms with van der Waals surface area (Å²) < 4.78 is 0. The summed E-state index contributed by atoms with van der Waals surface area (Å²) in [6.07, 6.45) is 0. The van der Waals surface area contributed by atoms with Crippen LogP contribution in [0.2, 0.25) is 5.02 Å². The zero-order valence-corrected chi connectivity index (χ0v) is 15.3. The SMILES string of the molecule is C[C@@H](N[C@@H](c1ccccc1)c1cccs1)C(=O)Nc1ccc(Cl)cc1. The number of carbonyl (C=O) groups excluding carboxylic acids is 1. The van der Waals surface area contributed by atoms with Crippen molar-refractivity contribution in [3.8, 4) is 0 Å². The van der Waals surface area contributed by atoms with Crippen LogP contribution in [-0.2, 0) is 4.79 Å². The quantitative estimate of drug-likeness (QED) is 0.633. The molecule has 1 amide bonds. The van der Waals surface area contributed by atoms with Crippen molar-refractivity contribution in [1.82, 2.24) is 5.32 Å². The number of hydrogen-bond acceptors (Lipinski definition) is 3. The first-order valence-electron chi connectivity index (χ1n) is 8.04. The molecule has 25 heavy (non-hydrogen) atoms. The molecule has 2 aromatic carbocycles. The average Bonchev–Trinajstić information content (AvgIpc) is 3.16. The van der Waals surface area contributed by atoms with Gasteiger partial charge in [-0.25, -0.2) is 0 Å². The maximum absolute atomic E-state index is 12.5. The largest absolute Gasteiger partial charge is 0.325 e. The zero-order chi connectivity index (χ0) is 17.6. The fourth-order valence-corrected chi connectivity index (χ4v) is 3.49. The van der Waals surface area contributed by atoms with E-state index in [1.165, 1.54) is 4.88 Å². The lowest BCUT2D eigenvalue weighted by Crippen LogP contribution is -2.40. The van der Waals surface area contributed by atoms with Crippen LogP contribution >= 0.6 is 22.9 Å². The molecule has 2 N–H and O–H groups in total. The van der Waals surface area contributed by atoms with Crippen molar-refractivity contribution in [3.63, 3.8) is 0 Å². The number of anilines is 1. The van der Waals surface area contributed by atoms with Crippen LogP contribution in [0, 0.1) is 0 Å². The van der Waals surface area contributed by atoms with Gasteiger partial charge in [0.25, 0.3) is 0 Å². The summed E-state index contributed by atoms with van der Waals surface area (Å²) >= 11 is 7.56. The normalized spacial score (nSPS) is 13.2. The molecule has 128 valence electrons. The molecule has 0 saturated carbocycles. The van der Waals surface area contributed by atoms with Crippen LogP contribution in [0.25, 0.3) is 0 Å². The van der Waals surface area contributed by atoms with Gasteiger partial charge in [-0.15, -0.1) is 11.3 Å². The third kappa shape index (κ3) is 4.69. The molecule has 2 atom stereocenters. The summed E-state index contributed by atoms with van der Waals surface area (Å²) in [6, 6.07) is 21.0. The molecule has 1 heterocycles. The molecule has 1 aromatic heterocycles. The Morgan fingerprint density at radius 3 is 2.36 bits per heavy atom. The van der Waals surface area contributed by atoms with Gasteiger partial charge in [-0.3, -0.25) is 10.1 Å². The first kappa shape index (κ1) is 17.7. The summed E-state index contributed by atoms with van der Waals surface area (Å²) in [7, 11) is 0. The Morgan fingerprint density at radius 1 is 1.00 bits per heavy atom. The van der Waals surface area contributed by atoms with Crippen LogP contribution < -0.4 is 10.6 Å². The zero-order valence-electron chi connectivity index (χ0n) is 13.8. The highest BCUT2D eigenvalue weighted by Gasteiger charge is 2.21. The summed E-state index contributed by atoms with van der Waals surface area (Å²) in [4.78, 5) is 13.7. The highest BCUT2D eigenvalue weighted by atomic mass is 35.5. The molecule has 5 heteroatoms. The topological polar surface area (TPSA) is 41.1 Å². The maximum Gasteiger partial charge on any atom is 0.241 e. The standard InChI is InChI=1S/C20H19ClN2OS/c1-14(20(24)23-17-11-9-16(21)10-12-17)22-19(18-8-5-13-25-18)15-6-3-2-4-7-15/h2-14,19,22H,1H3,(H,23,24)/t14-,19+/m1/s1. The Balaban J connectivity index is 1.72. The lowest BCUT2D eigenvalue weighted by molar-refractivity contribution is -0.117. The number of halogens is 1. The van der Waals surface area contributed by atoms with Gasteiger partial charge in [0, 0.05) is 15.6 Å². The van der Waals surface area contributed by atoms with E-state index in [9.17, 15) is 4.79 Å². The molecule has 0 fully saturated rings. The predicted molar refractivity (Wildman–Crippen MR) is 105 cm³/mol. The van der Waals surface area contributed by atoms with Crippen molar-refractivity contribution in [2.45, 2.75) is 19.0 Å². The van der Waals surface area contributed by atoms with Crippen LogP contribution in [-0.4, -0.2) is 11.9 Å². The van der Waals surface area contributed by atoms with Crippen LogP contribution in [0.4, 0.5) is 5.69 Å². The van der Waals surface area contributed by atoms with Crippen molar-refractivity contribution in [2.75, 3.05) is 5.32 Å². The molecule has 0 spiro atoms. The van der Waals surface area contributed by atoms with Gasteiger partial charge in [-0.2, -0.15) is 0 Å². The van der Waals surface area contributed by atoms with Gasteiger partial charge in [0.2, 0.25) is 5.91 Å². The Bertz CT molecular complexity index is 803. The fourth-order valence-electron chi connectivity index (χ4n) is 2.55. The van der Waals surface area contributed by atoms with Gasteiger partial charge in [0.1, 0.15) is 0 Å². The molecule has 3 aromatic rings. The lowest BCUT2D eigenvalue weighted by atomic mass is 10.0. The van der Waals surface area contributed by atoms with Crippen molar-refractivity contribution < 1.29 is 4.79 Å². The number of rotatable bonds is 6. The van der Waals surface area contributed by atoms with Gasteiger partial charge in [0.15, 0.2) is 0 Å². The molecule has 0 aliphatic rings. The maximum atomic E-state index is 12.5. The number of hydrogen-bond donors (Lipinski definition) is 2. The molecule has 0 aliphatic heterocycles. The molecular weight excluding hydrogens is 352 g/mol. The van der Waals surface area contributed by atoms with Crippen molar-refractivity contribution in [1.29, 1.82) is 0 Å². The molecular formula is C20H19ClN2OS. The minimum Gasteiger partial charge on any atom is -0.325 e. The highest BCUT2D eigenvalue weighted by molar-refractivity contribution is 7.10. The first-order valence-corrected chi connectivity index (χ1v) is 9.30. The Labute approximate surface area is 156 Å². The molecule has 0 radical (unpaired) electrons. The number of amides is 1. The van der Waals surface area contributed by atoms with E-state index in [1.807, 2.05) is 36.6 Å². The minimum absolute atomic E-state index is 0.0211. The second kappa shape index (κ2) is 8.30. The van der Waals surface area contributed by atoms with Crippen molar-refractivity contribution in [3.05, 3.63) is 87.6 Å². The summed E-state index contributed by atoms with van der Waals surface area (Å²) in [5, 5.41) is 9.05. The molecule has 3 rings (SSSR count). The Morgan fingerprint density at radius 2 is 1.72 bits per heavy atom. The number of thiophene rings is 1. The summed E-state index contributed by atoms with van der Waals surface area (Å²) in [5.74, 6) is -0.0835. The number of benzene rings is 2. The molecule has 0 aliphatic carbocycles. The molecule has 0 unspecified atom stereocenters. The fraction of sp³-hybridized carbons (Fsp3) is 0.150. The lowest BCUT2D eigenvalue weighted by Gasteiger charge is -2.22. The van der Waals surface area contributed by atoms with Crippen molar-refractivity contribution in [2.24, 2.45) is 0 Å². The van der Waals surface area contributed by atoms with Gasteiger partial charge < -0.3 is 5.32 Å². The molecule has 0 bridgehead atoms. The van der Waals surface area contributed by atoms with Gasteiger partial charge in [-0.05, 0) is 48.2 Å². The third-order valence-corrected chi connectivity index (χ3v) is 5.07. The minimum atomic E-state index is -0.358. The van der Waals surface area contributed by atoms with Gasteiger partial charge in [-0.1, -0.05) is 48.0 Å². The number of carbonyl (C=O) groups is 1. The van der Waals surface area contributed by atoms with E-state index in [0.717, 1.165) is 11.3 Å². The smallest absolute Gasteiger partial charge is 0.241 e. The van der Waals surface area contributed by atoms with Crippen LogP contribution in [0.5, 0.6) is 0 Å². The van der Waals surface area contributed by atoms with Gasteiger partial charge in [0.05, 0.1) is 12.1 Å². The second-order valence-electron chi connectivity index (χ2n) is 5.74. The third-order valence-electron chi connectivity index (χ3n) is 3.88. The van der Waals surface area contributed by atoms with Crippen LogP contribution in [0.1, 0.15) is 23.4 Å². The van der Waals surface area contributed by atoms with E-state index >= 15 is 0 Å². The average molecular weight is 371 g/mol. The monoisotopic (exact) mass is 370 g/mol.